The minimum absolute atomic E-state index is 0.132. The average Bonchev–Trinajstić information content (AvgIpc) is 1.77. The maximum Gasteiger partial charge on any atom is 0.419 e. The normalized spacial score (nSPS) is 14.7. The van der Waals surface area contributed by atoms with Gasteiger partial charge in [0.25, 0.3) is 0 Å². The van der Waals surface area contributed by atoms with E-state index in [0.29, 0.717) is 6.08 Å². The monoisotopic (exact) mass is 206 g/mol. The Bertz CT molecular complexity index is 181. The van der Waals surface area contributed by atoms with Crippen molar-refractivity contribution >= 4 is 11.6 Å². The van der Waals surface area contributed by atoms with E-state index < -0.39 is 17.1 Å². The van der Waals surface area contributed by atoms with Gasteiger partial charge in [-0.1, -0.05) is 12.7 Å². The van der Waals surface area contributed by atoms with E-state index in [1.165, 1.54) is 0 Å². The van der Waals surface area contributed by atoms with Crippen LogP contribution >= 0.6 is 11.6 Å². The summed E-state index contributed by atoms with van der Waals surface area (Å²) in [4.78, 5) is 0. The fourth-order valence-electron chi connectivity index (χ4n) is 0.468. The highest BCUT2D eigenvalue weighted by Gasteiger charge is 2.48. The molecule has 0 saturated carbocycles. The molecule has 6 heteroatoms. The molecule has 0 atom stereocenters. The molecule has 0 fully saturated rings. The van der Waals surface area contributed by atoms with Crippen molar-refractivity contribution in [2.75, 3.05) is 0 Å². The molecular weight excluding hydrogens is 203 g/mol. The van der Waals surface area contributed by atoms with Crippen LogP contribution in [0.3, 0.4) is 0 Å². The third kappa shape index (κ3) is 3.21. The van der Waals surface area contributed by atoms with Gasteiger partial charge >= 0.3 is 11.6 Å². The zero-order valence-electron chi connectivity index (χ0n) is 5.63. The predicted molar refractivity (Wildman–Crippen MR) is 35.1 cm³/mol. The Morgan fingerprint density at radius 1 is 1.17 bits per heavy atom. The second-order valence-electron chi connectivity index (χ2n) is 1.81. The minimum atomic E-state index is -5.14. The summed E-state index contributed by atoms with van der Waals surface area (Å²) >= 11 is 4.19. The Morgan fingerprint density at radius 2 is 1.58 bits per heavy atom. The summed E-state index contributed by atoms with van der Waals surface area (Å²) in [6.07, 6.45) is -4.41. The molecule has 0 saturated heterocycles. The topological polar surface area (TPSA) is 0 Å². The number of alkyl halides is 6. The van der Waals surface area contributed by atoms with E-state index in [1.54, 1.807) is 0 Å². The first kappa shape index (κ1) is 11.4. The van der Waals surface area contributed by atoms with Gasteiger partial charge in [0.05, 0.1) is 0 Å². The van der Waals surface area contributed by atoms with Crippen LogP contribution in [0.1, 0.15) is 0 Å². The zero-order valence-corrected chi connectivity index (χ0v) is 6.39. The summed E-state index contributed by atoms with van der Waals surface area (Å²) in [6, 6.07) is 0. The van der Waals surface area contributed by atoms with Crippen LogP contribution in [-0.2, 0) is 0 Å². The second-order valence-corrected chi connectivity index (χ2v) is 2.29. The van der Waals surface area contributed by atoms with Gasteiger partial charge in [-0.3, -0.25) is 0 Å². The molecule has 12 heavy (non-hydrogen) atoms. The lowest BCUT2D eigenvalue weighted by atomic mass is 10.2. The van der Waals surface area contributed by atoms with Crippen LogP contribution in [0.4, 0.5) is 22.0 Å². The van der Waals surface area contributed by atoms with Crippen molar-refractivity contribution in [1.82, 2.24) is 0 Å². The zero-order chi connectivity index (χ0) is 9.99. The molecule has 0 aliphatic rings. The van der Waals surface area contributed by atoms with E-state index in [9.17, 15) is 22.0 Å². The molecule has 0 aliphatic heterocycles. The Morgan fingerprint density at radius 3 is 1.67 bits per heavy atom. The number of allylic oxidation sites excluding steroid dienone is 3. The molecule has 0 spiro atoms. The molecule has 0 aromatic carbocycles. The van der Waals surface area contributed by atoms with Gasteiger partial charge in [0, 0.05) is 0 Å². The standard InChI is InChI=1S/C6H4ClF5/c1-2-3-4(5(7,8)9)6(10,11)12/h2-3H,1H2. The third-order valence-electron chi connectivity index (χ3n) is 0.895. The predicted octanol–water partition coefficient (Wildman–Crippen LogP) is 3.49. The lowest BCUT2D eigenvalue weighted by Crippen LogP contribution is -2.24. The van der Waals surface area contributed by atoms with Gasteiger partial charge in [0.2, 0.25) is 0 Å². The Kier molecular flexibility index (Phi) is 3.26. The van der Waals surface area contributed by atoms with Crippen molar-refractivity contribution in [3.8, 4) is 0 Å². The lowest BCUT2D eigenvalue weighted by molar-refractivity contribution is -0.114. The average molecular weight is 207 g/mol. The van der Waals surface area contributed by atoms with Crippen molar-refractivity contribution in [3.05, 3.63) is 24.3 Å². The van der Waals surface area contributed by atoms with E-state index >= 15 is 0 Å². The molecule has 0 unspecified atom stereocenters. The summed E-state index contributed by atoms with van der Waals surface area (Å²) in [5.41, 5.74) is -2.12. The number of rotatable bonds is 2. The maximum absolute atomic E-state index is 12.0. The molecule has 0 aliphatic carbocycles. The highest BCUT2D eigenvalue weighted by molar-refractivity contribution is 6.23. The largest absolute Gasteiger partial charge is 0.419 e. The summed E-state index contributed by atoms with van der Waals surface area (Å²) in [7, 11) is 0. The van der Waals surface area contributed by atoms with Gasteiger partial charge in [0.15, 0.2) is 0 Å². The molecule has 0 heterocycles. The highest BCUT2D eigenvalue weighted by Crippen LogP contribution is 2.39. The molecule has 0 radical (unpaired) electrons. The van der Waals surface area contributed by atoms with E-state index in [-0.39, 0.29) is 6.08 Å². The molecule has 70 valence electrons. The summed E-state index contributed by atoms with van der Waals surface area (Å²) in [5, 5.41) is -4.41. The third-order valence-corrected chi connectivity index (χ3v) is 1.10. The van der Waals surface area contributed by atoms with E-state index in [0.717, 1.165) is 0 Å². The van der Waals surface area contributed by atoms with Gasteiger partial charge in [-0.25, -0.2) is 0 Å². The second kappa shape index (κ2) is 3.43. The Labute approximate surface area is 70.3 Å². The van der Waals surface area contributed by atoms with E-state index in [1.807, 2.05) is 0 Å². The quantitative estimate of drug-likeness (QED) is 0.369. The first-order valence-corrected chi connectivity index (χ1v) is 3.04. The van der Waals surface area contributed by atoms with Crippen molar-refractivity contribution in [3.63, 3.8) is 0 Å². The molecule has 0 amide bonds. The van der Waals surface area contributed by atoms with E-state index in [4.69, 9.17) is 0 Å². The molecular formula is C6H4ClF5. The van der Waals surface area contributed by atoms with Crippen LogP contribution in [0.25, 0.3) is 0 Å². The fraction of sp³-hybridized carbons (Fsp3) is 0.333. The SMILES string of the molecule is C=CC=C(C(F)(F)F)C(F)(F)Cl. The number of halogens is 6. The van der Waals surface area contributed by atoms with Gasteiger partial charge in [-0.05, 0) is 17.7 Å². The fourth-order valence-corrected chi connectivity index (χ4v) is 0.638. The smallest absolute Gasteiger partial charge is 0.183 e. The summed E-state index contributed by atoms with van der Waals surface area (Å²) < 4.78 is 59.2. The van der Waals surface area contributed by atoms with Crippen LogP contribution in [0.15, 0.2) is 24.3 Å². The van der Waals surface area contributed by atoms with Gasteiger partial charge in [-0.2, -0.15) is 22.0 Å². The molecule has 0 N–H and O–H groups in total. The summed E-state index contributed by atoms with van der Waals surface area (Å²) in [6.45, 7) is 2.86. The van der Waals surface area contributed by atoms with Gasteiger partial charge in [0.1, 0.15) is 5.57 Å². The van der Waals surface area contributed by atoms with Crippen LogP contribution < -0.4 is 0 Å². The van der Waals surface area contributed by atoms with Crippen molar-refractivity contribution in [2.45, 2.75) is 11.6 Å². The first-order valence-electron chi connectivity index (χ1n) is 2.66. The lowest BCUT2D eigenvalue weighted by Gasteiger charge is -2.15. The van der Waals surface area contributed by atoms with Crippen LogP contribution in [0.2, 0.25) is 0 Å². The van der Waals surface area contributed by atoms with Crippen LogP contribution in [0.5, 0.6) is 0 Å². The van der Waals surface area contributed by atoms with Crippen LogP contribution in [0, 0.1) is 0 Å². The van der Waals surface area contributed by atoms with Crippen LogP contribution in [-0.4, -0.2) is 11.6 Å². The Hall–Kier alpha value is -0.580. The molecule has 0 bridgehead atoms. The van der Waals surface area contributed by atoms with Gasteiger partial charge < -0.3 is 0 Å². The molecule has 0 rings (SSSR count). The Balaban J connectivity index is 4.95. The number of hydrogen-bond acceptors (Lipinski definition) is 0. The van der Waals surface area contributed by atoms with E-state index in [2.05, 4.69) is 18.2 Å². The molecule has 0 nitrogen and oxygen atoms in total. The maximum atomic E-state index is 12.0. The minimum Gasteiger partial charge on any atom is -0.183 e. The molecule has 0 aromatic rings. The summed E-state index contributed by atoms with van der Waals surface area (Å²) in [5.74, 6) is 0. The molecule has 0 aromatic heterocycles. The highest BCUT2D eigenvalue weighted by atomic mass is 35.5. The van der Waals surface area contributed by atoms with Crippen molar-refractivity contribution in [2.24, 2.45) is 0 Å². The van der Waals surface area contributed by atoms with Crippen molar-refractivity contribution < 1.29 is 22.0 Å². The van der Waals surface area contributed by atoms with Crippen molar-refractivity contribution in [1.29, 1.82) is 0 Å². The number of hydrogen-bond donors (Lipinski definition) is 0. The first-order chi connectivity index (χ1) is 5.19. The van der Waals surface area contributed by atoms with Gasteiger partial charge in [-0.15, -0.1) is 0 Å².